The number of nitrogens with two attached hydrogens (primary N) is 2. The number of nitrogen functional groups attached to an aromatic ring is 2. The van der Waals surface area contributed by atoms with Crippen LogP contribution in [-0.2, 0) is 0 Å². The first-order chi connectivity index (χ1) is 24.4. The van der Waals surface area contributed by atoms with Crippen molar-refractivity contribution in [3.05, 3.63) is 101 Å². The minimum atomic E-state index is 0.338. The van der Waals surface area contributed by atoms with E-state index in [2.05, 4.69) is 107 Å². The lowest BCUT2D eigenvalue weighted by Gasteiger charge is -2.17. The Bertz CT molecular complexity index is 1610. The molecule has 4 N–H and O–H groups in total. The summed E-state index contributed by atoms with van der Waals surface area (Å²) in [4.78, 5) is 2.05. The number of rotatable bonds is 17. The molecule has 0 amide bonds. The fourth-order valence-corrected chi connectivity index (χ4v) is 7.41. The maximum Gasteiger partial charge on any atom is 0.119 e. The average molecular weight is 693 g/mol. The molecule has 5 heteroatoms. The van der Waals surface area contributed by atoms with Crippen molar-refractivity contribution in [2.75, 3.05) is 24.7 Å². The Morgan fingerprint density at radius 3 is 1.78 bits per heavy atom. The molecule has 0 bridgehead atoms. The molecule has 1 aromatic heterocycles. The molecule has 0 aliphatic heterocycles. The second-order valence-corrected chi connectivity index (χ2v) is 14.4. The summed E-state index contributed by atoms with van der Waals surface area (Å²) in [6.07, 6.45) is 19.5. The van der Waals surface area contributed by atoms with Crippen LogP contribution in [0.25, 0.3) is 27.1 Å². The molecule has 2 atom stereocenters. The Balaban J connectivity index is 0.000000727. The van der Waals surface area contributed by atoms with E-state index in [4.69, 9.17) is 20.9 Å². The van der Waals surface area contributed by atoms with Crippen LogP contribution < -0.4 is 20.9 Å². The van der Waals surface area contributed by atoms with Crippen LogP contribution in [0, 0.1) is 5.92 Å². The van der Waals surface area contributed by atoms with E-state index in [1.807, 2.05) is 19.1 Å². The van der Waals surface area contributed by atoms with Gasteiger partial charge in [-0.25, -0.2) is 0 Å². The highest BCUT2D eigenvalue weighted by Gasteiger charge is 2.20. The van der Waals surface area contributed by atoms with Crippen molar-refractivity contribution in [3.63, 3.8) is 0 Å². The lowest BCUT2D eigenvalue weighted by atomic mass is 9.89. The van der Waals surface area contributed by atoms with Crippen LogP contribution in [0.4, 0.5) is 11.4 Å². The number of thiophene rings is 1. The van der Waals surface area contributed by atoms with Crippen LogP contribution in [0.3, 0.4) is 0 Å². The minimum absolute atomic E-state index is 0.338. The maximum absolute atomic E-state index is 6.56. The summed E-state index contributed by atoms with van der Waals surface area (Å²) in [6.45, 7) is 12.4. The number of ether oxygens (including phenoxy) is 2. The molecular weight excluding hydrogens is 633 g/mol. The topological polar surface area (TPSA) is 70.5 Å². The molecule has 5 rings (SSSR count). The third-order valence-electron chi connectivity index (χ3n) is 9.54. The Kier molecular flexibility index (Phi) is 16.0. The molecule has 0 fully saturated rings. The van der Waals surface area contributed by atoms with E-state index in [1.54, 1.807) is 11.3 Å². The van der Waals surface area contributed by atoms with E-state index in [1.165, 1.54) is 56.9 Å². The number of anilines is 2. The molecule has 2 unspecified atom stereocenters. The number of hydrogen-bond donors (Lipinski definition) is 2. The van der Waals surface area contributed by atoms with E-state index < -0.39 is 0 Å². The maximum atomic E-state index is 6.56. The van der Waals surface area contributed by atoms with Gasteiger partial charge in [0.1, 0.15) is 11.5 Å². The summed E-state index contributed by atoms with van der Waals surface area (Å²) in [5.74, 6) is 2.80. The zero-order chi connectivity index (χ0) is 35.7. The van der Waals surface area contributed by atoms with E-state index >= 15 is 0 Å². The van der Waals surface area contributed by atoms with Gasteiger partial charge in [-0.05, 0) is 77.8 Å². The predicted molar refractivity (Wildman–Crippen MR) is 219 cm³/mol. The average Bonchev–Trinajstić information content (AvgIpc) is 3.46. The van der Waals surface area contributed by atoms with Crippen molar-refractivity contribution in [1.29, 1.82) is 0 Å². The van der Waals surface area contributed by atoms with Crippen molar-refractivity contribution < 1.29 is 9.47 Å². The third kappa shape index (κ3) is 11.0. The monoisotopic (exact) mass is 692 g/mol. The molecule has 268 valence electrons. The normalized spacial score (nSPS) is 14.4. The van der Waals surface area contributed by atoms with Crippen LogP contribution in [0.2, 0.25) is 0 Å². The van der Waals surface area contributed by atoms with E-state index in [9.17, 15) is 0 Å². The van der Waals surface area contributed by atoms with Crippen LogP contribution >= 0.6 is 11.3 Å². The molecule has 1 aliphatic carbocycles. The SMILES string of the molecule is CCCCC(CC)COc1ccc(-c2ccc(-c3sc(C4=CCC(c5ccc(OCC)cc5)C=C4)c(N)c3N)cc2)cc1.CCCCCCC. The summed E-state index contributed by atoms with van der Waals surface area (Å²) in [5, 5.41) is 0. The van der Waals surface area contributed by atoms with Gasteiger partial charge in [0, 0.05) is 5.92 Å². The first kappa shape index (κ1) is 38.8. The molecule has 3 aromatic carbocycles. The van der Waals surface area contributed by atoms with Crippen molar-refractivity contribution in [3.8, 4) is 33.1 Å². The lowest BCUT2D eigenvalue weighted by molar-refractivity contribution is 0.233. The van der Waals surface area contributed by atoms with Crippen LogP contribution in [0.15, 0.2) is 91.0 Å². The molecule has 0 saturated carbocycles. The molecule has 1 aliphatic rings. The van der Waals surface area contributed by atoms with E-state index in [0.717, 1.165) is 63.0 Å². The molecular formula is C45H60N2O2S. The Labute approximate surface area is 306 Å². The molecule has 0 radical (unpaired) electrons. The number of unbranched alkanes of at least 4 members (excludes halogenated alkanes) is 5. The second-order valence-electron chi connectivity index (χ2n) is 13.3. The fraction of sp³-hybridized carbons (Fsp3) is 0.422. The second kappa shape index (κ2) is 20.7. The van der Waals surface area contributed by atoms with Gasteiger partial charge < -0.3 is 20.9 Å². The van der Waals surface area contributed by atoms with Gasteiger partial charge in [0.2, 0.25) is 0 Å². The quantitative estimate of drug-likeness (QED) is 0.108. The van der Waals surface area contributed by atoms with E-state index in [0.29, 0.717) is 29.8 Å². The van der Waals surface area contributed by atoms with Gasteiger partial charge in [0.05, 0.1) is 34.3 Å². The van der Waals surface area contributed by atoms with Gasteiger partial charge in [-0.1, -0.05) is 146 Å². The smallest absolute Gasteiger partial charge is 0.119 e. The molecule has 50 heavy (non-hydrogen) atoms. The van der Waals surface area contributed by atoms with Crippen LogP contribution in [0.1, 0.15) is 115 Å². The highest BCUT2D eigenvalue weighted by molar-refractivity contribution is 7.18. The molecule has 4 nitrogen and oxygen atoms in total. The largest absolute Gasteiger partial charge is 0.494 e. The van der Waals surface area contributed by atoms with Gasteiger partial charge in [-0.3, -0.25) is 0 Å². The Morgan fingerprint density at radius 1 is 0.660 bits per heavy atom. The first-order valence-electron chi connectivity index (χ1n) is 19.0. The molecule has 4 aromatic rings. The molecule has 0 spiro atoms. The highest BCUT2D eigenvalue weighted by Crippen LogP contribution is 2.46. The van der Waals surface area contributed by atoms with Crippen LogP contribution in [0.5, 0.6) is 11.5 Å². The van der Waals surface area contributed by atoms with Crippen LogP contribution in [-0.4, -0.2) is 13.2 Å². The van der Waals surface area contributed by atoms with E-state index in [-0.39, 0.29) is 0 Å². The van der Waals surface area contributed by atoms with Crippen molar-refractivity contribution >= 4 is 28.3 Å². The minimum Gasteiger partial charge on any atom is -0.494 e. The summed E-state index contributed by atoms with van der Waals surface area (Å²) >= 11 is 1.67. The fourth-order valence-electron chi connectivity index (χ4n) is 6.25. The zero-order valence-corrected chi connectivity index (χ0v) is 32.0. The van der Waals surface area contributed by atoms with Crippen molar-refractivity contribution in [2.45, 2.75) is 105 Å². The molecule has 0 saturated heterocycles. The summed E-state index contributed by atoms with van der Waals surface area (Å²) < 4.78 is 11.7. The third-order valence-corrected chi connectivity index (χ3v) is 10.9. The zero-order valence-electron chi connectivity index (χ0n) is 31.2. The van der Waals surface area contributed by atoms with Crippen molar-refractivity contribution in [1.82, 2.24) is 0 Å². The first-order valence-corrected chi connectivity index (χ1v) is 19.9. The van der Waals surface area contributed by atoms with Gasteiger partial charge in [0.15, 0.2) is 0 Å². The molecule has 1 heterocycles. The number of hydrogen-bond acceptors (Lipinski definition) is 5. The number of benzene rings is 3. The number of allylic oxidation sites excluding steroid dienone is 4. The summed E-state index contributed by atoms with van der Waals surface area (Å²) in [5.41, 5.74) is 20.3. The summed E-state index contributed by atoms with van der Waals surface area (Å²) in [7, 11) is 0. The Hall–Kier alpha value is -3.96. The van der Waals surface area contributed by atoms with Gasteiger partial charge in [-0.2, -0.15) is 0 Å². The van der Waals surface area contributed by atoms with Gasteiger partial charge in [0.25, 0.3) is 0 Å². The van der Waals surface area contributed by atoms with Gasteiger partial charge >= 0.3 is 0 Å². The van der Waals surface area contributed by atoms with Crippen molar-refractivity contribution in [2.24, 2.45) is 5.92 Å². The standard InChI is InChI=1S/C38H44N2O2S.C7H16/c1-4-7-8-26(5-2)25-42-34-23-19-30(20-24-34)28-11-15-32(16-12-28)38-36(40)35(39)37(43-38)31-13-9-27(10-14-31)29-17-21-33(22-18-29)41-6-3;1-3-5-7-6-4-2/h9,11-24,26-27H,4-8,10,25,39-40H2,1-3H3;3-7H2,1-2H3. The summed E-state index contributed by atoms with van der Waals surface area (Å²) in [6, 6.07) is 25.4. The van der Waals surface area contributed by atoms with Gasteiger partial charge in [-0.15, -0.1) is 11.3 Å². The Morgan fingerprint density at radius 2 is 1.22 bits per heavy atom. The predicted octanol–water partition coefficient (Wildman–Crippen LogP) is 13.3. The highest BCUT2D eigenvalue weighted by atomic mass is 32.1. The lowest BCUT2D eigenvalue weighted by Crippen LogP contribution is -2.11.